The molecule has 3 nitrogen and oxygen atoms in total. The van der Waals surface area contributed by atoms with Gasteiger partial charge in [-0.1, -0.05) is 56.8 Å². The summed E-state index contributed by atoms with van der Waals surface area (Å²) in [4.78, 5) is 24.0. The van der Waals surface area contributed by atoms with Crippen LogP contribution < -0.4 is 0 Å². The van der Waals surface area contributed by atoms with Crippen molar-refractivity contribution in [2.45, 2.75) is 90.0 Å². The van der Waals surface area contributed by atoms with Crippen LogP contribution in [0.5, 0.6) is 0 Å². The molecule has 5 heteroatoms. The van der Waals surface area contributed by atoms with Crippen LogP contribution >= 0.6 is 23.2 Å². The Bertz CT molecular complexity index is 679. The number of fused-ring (bicyclic) bond motifs is 5. The average molecular weight is 443 g/mol. The first-order chi connectivity index (χ1) is 13.6. The fourth-order valence-corrected chi connectivity index (χ4v) is 9.03. The number of alkyl halides is 2. The topological polar surface area (TPSA) is 43.4 Å². The minimum absolute atomic E-state index is 0.0503. The van der Waals surface area contributed by atoms with Gasteiger partial charge in [-0.3, -0.25) is 4.79 Å². The van der Waals surface area contributed by atoms with E-state index in [0.29, 0.717) is 29.6 Å². The molecule has 0 aliphatic heterocycles. The molecule has 0 aromatic heterocycles. The van der Waals surface area contributed by atoms with Gasteiger partial charge in [-0.05, 0) is 80.0 Å². The molecule has 0 N–H and O–H groups in total. The van der Waals surface area contributed by atoms with Crippen molar-refractivity contribution in [2.75, 3.05) is 0 Å². The van der Waals surface area contributed by atoms with Gasteiger partial charge in [-0.25, -0.2) is 4.79 Å². The molecular formula is C24H36Cl2O3. The Labute approximate surface area is 185 Å². The largest absolute Gasteiger partial charge is 0.460 e. The Balaban J connectivity index is 1.75. The van der Waals surface area contributed by atoms with Gasteiger partial charge in [0.2, 0.25) is 4.84 Å². The first kappa shape index (κ1) is 21.9. The van der Waals surface area contributed by atoms with Crippen LogP contribution in [0.3, 0.4) is 0 Å². The van der Waals surface area contributed by atoms with E-state index in [1.165, 1.54) is 38.5 Å². The lowest BCUT2D eigenvalue weighted by Gasteiger charge is -2.62. The summed E-state index contributed by atoms with van der Waals surface area (Å²) in [5, 5.41) is 0. The minimum atomic E-state index is -1.15. The van der Waals surface area contributed by atoms with Gasteiger partial charge in [0.25, 0.3) is 0 Å². The number of ether oxygens (including phenoxy) is 1. The summed E-state index contributed by atoms with van der Waals surface area (Å²) in [5.41, 5.74) is 0.0997. The van der Waals surface area contributed by atoms with Gasteiger partial charge in [0.05, 0.1) is 0 Å². The normalized spacial score (nSPS) is 49.1. The second-order valence-electron chi connectivity index (χ2n) is 11.1. The number of hydrogen-bond acceptors (Lipinski definition) is 3. The standard InChI is InChI=1S/C24H36Cl2O3/c1-13-11-17-16-9-8-15-7-5-6-10-23(15,3)20(16)18(29-22(28)21(25)26)12-24(17,4)19(13)14(2)27/h13,15-21H,5-12H2,1-4H3/t13-,15-,16+,17+,18+,19-,20-,23+,24+/m1/s1. The second kappa shape index (κ2) is 7.69. The van der Waals surface area contributed by atoms with Crippen LogP contribution in [0.1, 0.15) is 79.1 Å². The van der Waals surface area contributed by atoms with E-state index >= 15 is 0 Å². The molecule has 9 atom stereocenters. The molecule has 4 aliphatic rings. The van der Waals surface area contributed by atoms with Gasteiger partial charge >= 0.3 is 5.97 Å². The highest BCUT2D eigenvalue weighted by molar-refractivity contribution is 6.52. The second-order valence-corrected chi connectivity index (χ2v) is 12.2. The molecule has 0 saturated heterocycles. The van der Waals surface area contributed by atoms with Crippen molar-refractivity contribution in [2.24, 2.45) is 46.3 Å². The van der Waals surface area contributed by atoms with Gasteiger partial charge < -0.3 is 4.74 Å². The van der Waals surface area contributed by atoms with Crippen molar-refractivity contribution in [1.82, 2.24) is 0 Å². The van der Waals surface area contributed by atoms with Crippen LogP contribution in [0.15, 0.2) is 0 Å². The van der Waals surface area contributed by atoms with E-state index in [9.17, 15) is 9.59 Å². The van der Waals surface area contributed by atoms with Crippen LogP contribution in [-0.2, 0) is 14.3 Å². The summed E-state index contributed by atoms with van der Waals surface area (Å²) in [6.45, 7) is 8.73. The van der Waals surface area contributed by atoms with Crippen molar-refractivity contribution >= 4 is 35.0 Å². The molecule has 0 heterocycles. The Morgan fingerprint density at radius 1 is 1.07 bits per heavy atom. The van der Waals surface area contributed by atoms with Gasteiger partial charge in [0, 0.05) is 11.8 Å². The lowest BCUT2D eigenvalue weighted by atomic mass is 9.44. The van der Waals surface area contributed by atoms with E-state index in [4.69, 9.17) is 27.9 Å². The van der Waals surface area contributed by atoms with Gasteiger partial charge in [0.15, 0.2) is 0 Å². The van der Waals surface area contributed by atoms with E-state index in [-0.39, 0.29) is 28.6 Å². The van der Waals surface area contributed by atoms with Crippen LogP contribution in [0, 0.1) is 46.3 Å². The van der Waals surface area contributed by atoms with Crippen LogP contribution in [0.2, 0.25) is 0 Å². The third kappa shape index (κ3) is 3.37. The Hall–Kier alpha value is -0.280. The van der Waals surface area contributed by atoms with E-state index in [1.807, 2.05) is 0 Å². The predicted octanol–water partition coefficient (Wildman–Crippen LogP) is 6.20. The molecule has 29 heavy (non-hydrogen) atoms. The Morgan fingerprint density at radius 3 is 2.45 bits per heavy atom. The number of carbonyl (C=O) groups is 2. The summed E-state index contributed by atoms with van der Waals surface area (Å²) in [7, 11) is 0. The van der Waals surface area contributed by atoms with Crippen molar-refractivity contribution in [3.05, 3.63) is 0 Å². The lowest BCUT2D eigenvalue weighted by molar-refractivity contribution is -0.193. The highest BCUT2D eigenvalue weighted by Gasteiger charge is 2.65. The monoisotopic (exact) mass is 442 g/mol. The maximum absolute atomic E-state index is 12.7. The number of ketones is 1. The third-order valence-corrected chi connectivity index (χ3v) is 10.1. The van der Waals surface area contributed by atoms with E-state index in [2.05, 4.69) is 20.8 Å². The first-order valence-corrected chi connectivity index (χ1v) is 12.5. The maximum Gasteiger partial charge on any atom is 0.339 e. The molecule has 0 aromatic rings. The van der Waals surface area contributed by atoms with E-state index in [0.717, 1.165) is 12.8 Å². The quantitative estimate of drug-likeness (QED) is 0.386. The van der Waals surface area contributed by atoms with Gasteiger partial charge in [-0.2, -0.15) is 0 Å². The molecular weight excluding hydrogens is 407 g/mol. The van der Waals surface area contributed by atoms with Crippen LogP contribution in [0.4, 0.5) is 0 Å². The van der Waals surface area contributed by atoms with Crippen molar-refractivity contribution in [3.8, 4) is 0 Å². The molecule has 0 radical (unpaired) electrons. The summed E-state index contributed by atoms with van der Waals surface area (Å²) >= 11 is 11.8. The zero-order valence-corrected chi connectivity index (χ0v) is 19.8. The maximum atomic E-state index is 12.7. The number of hydrogen-bond donors (Lipinski definition) is 0. The van der Waals surface area contributed by atoms with E-state index in [1.54, 1.807) is 6.92 Å². The molecule has 4 fully saturated rings. The molecule has 4 aliphatic carbocycles. The number of rotatable bonds is 3. The lowest BCUT2D eigenvalue weighted by Crippen LogP contribution is -2.59. The van der Waals surface area contributed by atoms with Gasteiger partial charge in [0.1, 0.15) is 11.9 Å². The molecule has 4 saturated carbocycles. The molecule has 4 rings (SSSR count). The summed E-state index contributed by atoms with van der Waals surface area (Å²) < 4.78 is 6.06. The fraction of sp³-hybridized carbons (Fsp3) is 0.917. The molecule has 0 bridgehead atoms. The van der Waals surface area contributed by atoms with Crippen molar-refractivity contribution < 1.29 is 14.3 Å². The Morgan fingerprint density at radius 2 is 1.79 bits per heavy atom. The van der Waals surface area contributed by atoms with E-state index < -0.39 is 10.8 Å². The number of halogens is 2. The third-order valence-electron chi connectivity index (χ3n) is 9.72. The molecule has 164 valence electrons. The summed E-state index contributed by atoms with van der Waals surface area (Å²) in [6.07, 6.45) is 9.26. The van der Waals surface area contributed by atoms with Crippen molar-refractivity contribution in [3.63, 3.8) is 0 Å². The van der Waals surface area contributed by atoms with Gasteiger partial charge in [-0.15, -0.1) is 0 Å². The van der Waals surface area contributed by atoms with Crippen LogP contribution in [-0.4, -0.2) is 22.7 Å². The summed E-state index contributed by atoms with van der Waals surface area (Å²) in [6, 6.07) is 0. The van der Waals surface area contributed by atoms with Crippen LogP contribution in [0.25, 0.3) is 0 Å². The zero-order chi connectivity index (χ0) is 21.1. The fourth-order valence-electron chi connectivity index (χ4n) is 8.93. The van der Waals surface area contributed by atoms with Crippen molar-refractivity contribution in [1.29, 1.82) is 0 Å². The first-order valence-electron chi connectivity index (χ1n) is 11.6. The molecule has 0 spiro atoms. The average Bonchev–Trinajstić information content (AvgIpc) is 2.90. The molecule has 0 unspecified atom stereocenters. The summed E-state index contributed by atoms with van der Waals surface area (Å²) in [5.74, 6) is 2.33. The predicted molar refractivity (Wildman–Crippen MR) is 116 cm³/mol. The number of carbonyl (C=O) groups excluding carboxylic acids is 2. The SMILES string of the molecule is CC(=O)[C@H]1[C@H](C)C[C@H]2[C@@H]3CC[C@H]4CCCC[C@]4(C)[C@H]3[C@@H](OC(=O)C(Cl)Cl)C[C@@]21C. The Kier molecular flexibility index (Phi) is 5.82. The highest BCUT2D eigenvalue weighted by atomic mass is 35.5. The number of esters is 1. The number of Topliss-reactive ketones (excluding diaryl/α,β-unsaturated/α-hetero) is 1. The molecule has 0 amide bonds. The minimum Gasteiger partial charge on any atom is -0.460 e. The highest BCUT2D eigenvalue weighted by Crippen LogP contribution is 2.68. The molecule has 0 aromatic carbocycles. The smallest absolute Gasteiger partial charge is 0.339 e. The zero-order valence-electron chi connectivity index (χ0n) is 18.3.